The molecule has 0 saturated carbocycles. The van der Waals surface area contributed by atoms with Gasteiger partial charge in [-0.3, -0.25) is 4.98 Å². The Morgan fingerprint density at radius 3 is 2.59 bits per heavy atom. The molecule has 29 heavy (non-hydrogen) atoms. The summed E-state index contributed by atoms with van der Waals surface area (Å²) in [4.78, 5) is 13.5. The molecule has 0 aliphatic rings. The monoisotopic (exact) mass is 388 g/mol. The van der Waals surface area contributed by atoms with Crippen molar-refractivity contribution in [3.63, 3.8) is 0 Å². The largest absolute Gasteiger partial charge is 0.369 e. The summed E-state index contributed by atoms with van der Waals surface area (Å²) in [6, 6.07) is 13.9. The van der Waals surface area contributed by atoms with Crippen molar-refractivity contribution < 1.29 is 4.39 Å². The Bertz CT molecular complexity index is 1110. The number of halogens is 1. The molecule has 0 fully saturated rings. The van der Waals surface area contributed by atoms with Crippen LogP contribution in [0.25, 0.3) is 17.2 Å². The Labute approximate surface area is 168 Å². The zero-order valence-corrected chi connectivity index (χ0v) is 16.3. The fourth-order valence-electron chi connectivity index (χ4n) is 2.95. The van der Waals surface area contributed by atoms with Crippen molar-refractivity contribution in [2.45, 2.75) is 20.3 Å². The highest BCUT2D eigenvalue weighted by atomic mass is 19.1. The summed E-state index contributed by atoms with van der Waals surface area (Å²) in [5.41, 5.74) is 4.45. The number of benzene rings is 1. The highest BCUT2D eigenvalue weighted by Crippen LogP contribution is 2.20. The fraction of sp³-hybridized carbons (Fsp3) is 0.182. The van der Waals surface area contributed by atoms with E-state index in [-0.39, 0.29) is 5.82 Å². The van der Waals surface area contributed by atoms with Crippen LogP contribution < -0.4 is 5.32 Å². The van der Waals surface area contributed by atoms with Gasteiger partial charge in [-0.2, -0.15) is 5.10 Å². The van der Waals surface area contributed by atoms with Gasteiger partial charge in [-0.1, -0.05) is 6.07 Å². The lowest BCUT2D eigenvalue weighted by Crippen LogP contribution is -2.11. The van der Waals surface area contributed by atoms with E-state index in [1.54, 1.807) is 23.0 Å². The second-order valence-electron chi connectivity index (χ2n) is 6.73. The Morgan fingerprint density at radius 1 is 1.00 bits per heavy atom. The topological polar surface area (TPSA) is 68.5 Å². The lowest BCUT2D eigenvalue weighted by Gasteiger charge is -2.11. The van der Waals surface area contributed by atoms with Crippen LogP contribution in [0.4, 0.5) is 10.2 Å². The number of aryl methyl sites for hydroxylation is 1. The van der Waals surface area contributed by atoms with Gasteiger partial charge in [-0.05, 0) is 56.3 Å². The van der Waals surface area contributed by atoms with Crippen molar-refractivity contribution in [3.05, 3.63) is 83.7 Å². The molecule has 0 bridgehead atoms. The Kier molecular flexibility index (Phi) is 5.29. The minimum Gasteiger partial charge on any atom is -0.369 e. The highest BCUT2D eigenvalue weighted by molar-refractivity contribution is 5.56. The van der Waals surface area contributed by atoms with Gasteiger partial charge in [-0.25, -0.2) is 19.0 Å². The summed E-state index contributed by atoms with van der Waals surface area (Å²) in [7, 11) is 0. The van der Waals surface area contributed by atoms with E-state index in [4.69, 9.17) is 0 Å². The molecule has 146 valence electrons. The molecule has 4 rings (SSSR count). The van der Waals surface area contributed by atoms with Gasteiger partial charge in [0.15, 0.2) is 5.82 Å². The number of rotatable bonds is 6. The zero-order chi connectivity index (χ0) is 20.2. The minimum absolute atomic E-state index is 0.258. The first-order chi connectivity index (χ1) is 14.1. The summed E-state index contributed by atoms with van der Waals surface area (Å²) in [5, 5.41) is 7.95. The first kappa shape index (κ1) is 18.7. The standard InChI is InChI=1S/C22H21FN6/c1-15-16(2)26-22(20-5-3-4-12-24-20)27-21(15)25-13-10-18-11-14-29(28-18)19-8-6-17(23)7-9-19/h3-9,11-12,14H,10,13H2,1-2H3,(H,25,26,27). The van der Waals surface area contributed by atoms with E-state index in [0.717, 1.165) is 40.6 Å². The summed E-state index contributed by atoms with van der Waals surface area (Å²) < 4.78 is 14.8. The van der Waals surface area contributed by atoms with Gasteiger partial charge in [0, 0.05) is 36.6 Å². The Hall–Kier alpha value is -3.61. The minimum atomic E-state index is -0.258. The molecule has 0 unspecified atom stereocenters. The van der Waals surface area contributed by atoms with Gasteiger partial charge < -0.3 is 5.32 Å². The van der Waals surface area contributed by atoms with Crippen LogP contribution in [0.1, 0.15) is 17.0 Å². The van der Waals surface area contributed by atoms with Crippen molar-refractivity contribution in [1.82, 2.24) is 24.7 Å². The van der Waals surface area contributed by atoms with E-state index in [0.29, 0.717) is 12.4 Å². The van der Waals surface area contributed by atoms with Crippen molar-refractivity contribution in [2.75, 3.05) is 11.9 Å². The molecular formula is C22H21FN6. The molecule has 0 saturated heterocycles. The van der Waals surface area contributed by atoms with Gasteiger partial charge >= 0.3 is 0 Å². The summed E-state index contributed by atoms with van der Waals surface area (Å²) in [6.07, 6.45) is 4.34. The second kappa shape index (κ2) is 8.18. The molecule has 0 aliphatic carbocycles. The number of anilines is 1. The summed E-state index contributed by atoms with van der Waals surface area (Å²) in [6.45, 7) is 4.65. The number of aromatic nitrogens is 5. The maximum absolute atomic E-state index is 13.1. The molecule has 4 aromatic rings. The van der Waals surface area contributed by atoms with Crippen LogP contribution in [0.3, 0.4) is 0 Å². The van der Waals surface area contributed by atoms with Crippen molar-refractivity contribution in [3.8, 4) is 17.2 Å². The van der Waals surface area contributed by atoms with Crippen LogP contribution in [-0.4, -0.2) is 31.3 Å². The van der Waals surface area contributed by atoms with E-state index in [9.17, 15) is 4.39 Å². The number of nitrogens with zero attached hydrogens (tertiary/aromatic N) is 5. The first-order valence-corrected chi connectivity index (χ1v) is 9.41. The average Bonchev–Trinajstić information content (AvgIpc) is 3.21. The Morgan fingerprint density at radius 2 is 1.83 bits per heavy atom. The second-order valence-corrected chi connectivity index (χ2v) is 6.73. The third kappa shape index (κ3) is 4.29. The van der Waals surface area contributed by atoms with Gasteiger partial charge in [0.2, 0.25) is 0 Å². The van der Waals surface area contributed by atoms with E-state index in [2.05, 4.69) is 25.4 Å². The van der Waals surface area contributed by atoms with Gasteiger partial charge in [0.05, 0.1) is 11.4 Å². The van der Waals surface area contributed by atoms with Crippen LogP contribution in [0.2, 0.25) is 0 Å². The van der Waals surface area contributed by atoms with Crippen molar-refractivity contribution in [1.29, 1.82) is 0 Å². The predicted octanol–water partition coefficient (Wildman–Crippen LogP) is 4.13. The van der Waals surface area contributed by atoms with Crippen LogP contribution in [-0.2, 0) is 6.42 Å². The zero-order valence-electron chi connectivity index (χ0n) is 16.3. The van der Waals surface area contributed by atoms with Crippen LogP contribution in [0, 0.1) is 19.7 Å². The predicted molar refractivity (Wildman–Crippen MR) is 110 cm³/mol. The Balaban J connectivity index is 1.44. The number of nitrogens with one attached hydrogen (secondary N) is 1. The molecular weight excluding hydrogens is 367 g/mol. The quantitative estimate of drug-likeness (QED) is 0.538. The van der Waals surface area contributed by atoms with Gasteiger partial charge in [0.25, 0.3) is 0 Å². The molecule has 0 amide bonds. The maximum atomic E-state index is 13.1. The van der Waals surface area contributed by atoms with Crippen molar-refractivity contribution >= 4 is 5.82 Å². The lowest BCUT2D eigenvalue weighted by atomic mass is 10.2. The molecule has 3 aromatic heterocycles. The first-order valence-electron chi connectivity index (χ1n) is 9.41. The third-order valence-electron chi connectivity index (χ3n) is 4.69. The van der Waals surface area contributed by atoms with E-state index >= 15 is 0 Å². The lowest BCUT2D eigenvalue weighted by molar-refractivity contribution is 0.627. The number of pyridine rings is 1. The molecule has 6 nitrogen and oxygen atoms in total. The van der Waals surface area contributed by atoms with Gasteiger partial charge in [-0.15, -0.1) is 0 Å². The van der Waals surface area contributed by atoms with Crippen LogP contribution in [0.15, 0.2) is 60.9 Å². The smallest absolute Gasteiger partial charge is 0.180 e. The van der Waals surface area contributed by atoms with Crippen molar-refractivity contribution in [2.24, 2.45) is 0 Å². The normalized spacial score (nSPS) is 10.9. The summed E-state index contributed by atoms with van der Waals surface area (Å²) >= 11 is 0. The molecule has 1 aromatic carbocycles. The van der Waals surface area contributed by atoms with Crippen LogP contribution in [0.5, 0.6) is 0 Å². The maximum Gasteiger partial charge on any atom is 0.180 e. The molecule has 3 heterocycles. The number of hydrogen-bond donors (Lipinski definition) is 1. The molecule has 0 spiro atoms. The molecule has 0 aliphatic heterocycles. The highest BCUT2D eigenvalue weighted by Gasteiger charge is 2.10. The summed E-state index contributed by atoms with van der Waals surface area (Å²) in [5.74, 6) is 1.15. The average molecular weight is 388 g/mol. The van der Waals surface area contributed by atoms with Crippen LogP contribution >= 0.6 is 0 Å². The SMILES string of the molecule is Cc1nc(-c2ccccn2)nc(NCCc2ccn(-c3ccc(F)cc3)n2)c1C. The molecule has 7 heteroatoms. The van der Waals surface area contributed by atoms with E-state index < -0.39 is 0 Å². The third-order valence-corrected chi connectivity index (χ3v) is 4.69. The molecule has 1 N–H and O–H groups in total. The van der Waals surface area contributed by atoms with E-state index in [1.807, 2.05) is 44.3 Å². The van der Waals surface area contributed by atoms with Gasteiger partial charge in [0.1, 0.15) is 17.3 Å². The van der Waals surface area contributed by atoms with E-state index in [1.165, 1.54) is 12.1 Å². The molecule has 0 radical (unpaired) electrons. The fourth-order valence-corrected chi connectivity index (χ4v) is 2.95. The molecule has 0 atom stereocenters. The number of hydrogen-bond acceptors (Lipinski definition) is 5.